The van der Waals surface area contributed by atoms with Crippen LogP contribution < -0.4 is 5.32 Å². The van der Waals surface area contributed by atoms with Crippen molar-refractivity contribution in [2.45, 2.75) is 32.2 Å². The van der Waals surface area contributed by atoms with E-state index in [1.807, 2.05) is 37.4 Å². The fourth-order valence-electron chi connectivity index (χ4n) is 4.55. The van der Waals surface area contributed by atoms with E-state index in [9.17, 15) is 9.59 Å². The maximum absolute atomic E-state index is 12.3. The summed E-state index contributed by atoms with van der Waals surface area (Å²) in [5, 5.41) is 2.82. The van der Waals surface area contributed by atoms with E-state index in [0.29, 0.717) is 24.9 Å². The number of ketones is 1. The van der Waals surface area contributed by atoms with E-state index in [2.05, 4.69) is 21.7 Å². The van der Waals surface area contributed by atoms with Crippen molar-refractivity contribution in [1.82, 2.24) is 15.1 Å². The molecule has 3 heterocycles. The minimum Gasteiger partial charge on any atom is -0.357 e. The monoisotopic (exact) mass is 365 g/mol. The number of hydrogen-bond donors (Lipinski definition) is 1. The van der Waals surface area contributed by atoms with Crippen molar-refractivity contribution in [2.24, 2.45) is 5.92 Å². The van der Waals surface area contributed by atoms with Crippen LogP contribution in [0.15, 0.2) is 48.3 Å². The van der Waals surface area contributed by atoms with Crippen LogP contribution in [-0.2, 0) is 4.79 Å². The van der Waals surface area contributed by atoms with E-state index in [0.717, 1.165) is 49.3 Å². The standard InChI is InChI=1S/C22H27N3O2/c1-15-5-7-17(8-6-15)21(26)4-3-10-24-11-9-19-18(13-24)16(2)20-12-23-22(27)14-25(19)20/h5-8,12,18-19H,2-4,9-11,13-14H2,1H3,(H,23,27)/t18-,19-/m0/s1. The molecular weight excluding hydrogens is 338 g/mol. The van der Waals surface area contributed by atoms with Crippen LogP contribution in [0.1, 0.15) is 35.2 Å². The first-order valence-electron chi connectivity index (χ1n) is 9.80. The van der Waals surface area contributed by atoms with Crippen LogP contribution in [0.2, 0.25) is 0 Å². The summed E-state index contributed by atoms with van der Waals surface area (Å²) in [6.45, 7) is 9.68. The fraction of sp³-hybridized carbons (Fsp3) is 0.455. The molecule has 1 N–H and O–H groups in total. The van der Waals surface area contributed by atoms with Crippen molar-refractivity contribution in [3.05, 3.63) is 59.4 Å². The highest BCUT2D eigenvalue weighted by molar-refractivity contribution is 5.96. The van der Waals surface area contributed by atoms with Gasteiger partial charge in [-0.1, -0.05) is 36.4 Å². The van der Waals surface area contributed by atoms with Gasteiger partial charge in [-0.25, -0.2) is 0 Å². The van der Waals surface area contributed by atoms with Crippen LogP contribution in [0.5, 0.6) is 0 Å². The van der Waals surface area contributed by atoms with Crippen molar-refractivity contribution in [3.63, 3.8) is 0 Å². The molecule has 0 aliphatic carbocycles. The number of piperidine rings is 1. The third kappa shape index (κ3) is 3.56. The predicted octanol–water partition coefficient (Wildman–Crippen LogP) is 2.49. The number of fused-ring (bicyclic) bond motifs is 3. The van der Waals surface area contributed by atoms with Gasteiger partial charge in [0.15, 0.2) is 5.78 Å². The van der Waals surface area contributed by atoms with Gasteiger partial charge < -0.3 is 15.1 Å². The van der Waals surface area contributed by atoms with Gasteiger partial charge in [-0.3, -0.25) is 9.59 Å². The average Bonchev–Trinajstić information content (AvgIpc) is 2.94. The summed E-state index contributed by atoms with van der Waals surface area (Å²) in [7, 11) is 0. The molecule has 2 saturated heterocycles. The zero-order valence-corrected chi connectivity index (χ0v) is 15.9. The molecule has 4 rings (SSSR count). The molecule has 27 heavy (non-hydrogen) atoms. The molecule has 0 unspecified atom stereocenters. The second-order valence-electron chi connectivity index (χ2n) is 7.91. The number of amides is 1. The molecule has 3 aliphatic heterocycles. The molecule has 0 aromatic heterocycles. The van der Waals surface area contributed by atoms with E-state index in [1.54, 1.807) is 0 Å². The molecule has 2 atom stereocenters. The Balaban J connectivity index is 1.30. The Morgan fingerprint density at radius 2 is 2.07 bits per heavy atom. The number of allylic oxidation sites excluding steroid dienone is 1. The minimum atomic E-state index is 0.0595. The van der Waals surface area contributed by atoms with Crippen molar-refractivity contribution >= 4 is 11.7 Å². The molecule has 5 nitrogen and oxygen atoms in total. The van der Waals surface area contributed by atoms with E-state index < -0.39 is 0 Å². The van der Waals surface area contributed by atoms with Gasteiger partial charge in [-0.2, -0.15) is 0 Å². The lowest BCUT2D eigenvalue weighted by molar-refractivity contribution is -0.122. The first-order valence-corrected chi connectivity index (χ1v) is 9.80. The molecule has 0 radical (unpaired) electrons. The summed E-state index contributed by atoms with van der Waals surface area (Å²) in [6.07, 6.45) is 4.32. The fourth-order valence-corrected chi connectivity index (χ4v) is 4.55. The van der Waals surface area contributed by atoms with Crippen LogP contribution in [0.3, 0.4) is 0 Å². The number of rotatable bonds is 5. The van der Waals surface area contributed by atoms with E-state index in [4.69, 9.17) is 0 Å². The Labute approximate surface area is 160 Å². The Hall–Kier alpha value is -2.40. The largest absolute Gasteiger partial charge is 0.357 e. The lowest BCUT2D eigenvalue weighted by Gasteiger charge is -2.38. The van der Waals surface area contributed by atoms with Crippen LogP contribution in [0.4, 0.5) is 0 Å². The zero-order valence-electron chi connectivity index (χ0n) is 15.9. The molecule has 0 bridgehead atoms. The summed E-state index contributed by atoms with van der Waals surface area (Å²) in [5.41, 5.74) is 4.22. The number of likely N-dealkylation sites (tertiary alicyclic amines) is 1. The number of carbonyl (C=O) groups excluding carboxylic acids is 2. The Kier molecular flexibility index (Phi) is 4.87. The van der Waals surface area contributed by atoms with E-state index >= 15 is 0 Å². The molecule has 3 aliphatic rings. The van der Waals surface area contributed by atoms with Gasteiger partial charge >= 0.3 is 0 Å². The Morgan fingerprint density at radius 1 is 1.30 bits per heavy atom. The first-order chi connectivity index (χ1) is 13.0. The molecule has 0 saturated carbocycles. The number of carbonyl (C=O) groups is 2. The maximum atomic E-state index is 12.3. The lowest BCUT2D eigenvalue weighted by Crippen LogP contribution is -2.49. The number of Topliss-reactive ketones (excluding diaryl/α,β-unsaturated/α-hetero) is 1. The third-order valence-corrected chi connectivity index (χ3v) is 6.08. The highest BCUT2D eigenvalue weighted by atomic mass is 16.2. The van der Waals surface area contributed by atoms with Crippen LogP contribution in [-0.4, -0.2) is 53.7 Å². The number of hydrogen-bond acceptors (Lipinski definition) is 4. The molecule has 1 aromatic carbocycles. The van der Waals surface area contributed by atoms with Crippen LogP contribution in [0, 0.1) is 12.8 Å². The van der Waals surface area contributed by atoms with Crippen molar-refractivity contribution in [3.8, 4) is 0 Å². The summed E-state index contributed by atoms with van der Waals surface area (Å²) in [5.74, 6) is 0.664. The topological polar surface area (TPSA) is 52.7 Å². The van der Waals surface area contributed by atoms with Crippen LogP contribution in [0.25, 0.3) is 0 Å². The average molecular weight is 365 g/mol. The second-order valence-corrected chi connectivity index (χ2v) is 7.91. The number of nitrogens with one attached hydrogen (secondary N) is 1. The van der Waals surface area contributed by atoms with Crippen molar-refractivity contribution < 1.29 is 9.59 Å². The summed E-state index contributed by atoms with van der Waals surface area (Å²) in [6, 6.07) is 8.22. The second kappa shape index (κ2) is 7.31. The molecule has 5 heteroatoms. The smallest absolute Gasteiger partial charge is 0.243 e. The molecular formula is C22H27N3O2. The van der Waals surface area contributed by atoms with Gasteiger partial charge in [-0.15, -0.1) is 0 Å². The van der Waals surface area contributed by atoms with E-state index in [-0.39, 0.29) is 11.7 Å². The molecule has 142 valence electrons. The third-order valence-electron chi connectivity index (χ3n) is 6.08. The molecule has 2 fully saturated rings. The van der Waals surface area contributed by atoms with Crippen molar-refractivity contribution in [1.29, 1.82) is 0 Å². The zero-order chi connectivity index (χ0) is 19.0. The predicted molar refractivity (Wildman–Crippen MR) is 105 cm³/mol. The minimum absolute atomic E-state index is 0.0595. The van der Waals surface area contributed by atoms with Crippen molar-refractivity contribution in [2.75, 3.05) is 26.2 Å². The molecule has 0 spiro atoms. The van der Waals surface area contributed by atoms with Gasteiger partial charge in [-0.05, 0) is 31.9 Å². The van der Waals surface area contributed by atoms with Gasteiger partial charge in [0.05, 0.1) is 12.2 Å². The highest BCUT2D eigenvalue weighted by Gasteiger charge is 2.44. The Bertz CT molecular complexity index is 796. The van der Waals surface area contributed by atoms with Gasteiger partial charge in [0.2, 0.25) is 5.91 Å². The molecule has 1 amide bonds. The SMILES string of the molecule is C=C1C2=CNC(=O)CN2[C@H]2CCN(CCCC(=O)c3ccc(C)cc3)C[C@@H]12. The summed E-state index contributed by atoms with van der Waals surface area (Å²) in [4.78, 5) is 28.7. The maximum Gasteiger partial charge on any atom is 0.243 e. The van der Waals surface area contributed by atoms with Crippen LogP contribution >= 0.6 is 0 Å². The van der Waals surface area contributed by atoms with E-state index in [1.165, 1.54) is 5.56 Å². The number of nitrogens with zero attached hydrogens (tertiary/aromatic N) is 2. The number of benzene rings is 1. The first kappa shape index (κ1) is 18.0. The summed E-state index contributed by atoms with van der Waals surface area (Å²) >= 11 is 0. The molecule has 1 aromatic rings. The Morgan fingerprint density at radius 3 is 2.85 bits per heavy atom. The quantitative estimate of drug-likeness (QED) is 0.815. The number of aryl methyl sites for hydroxylation is 1. The van der Waals surface area contributed by atoms with Gasteiger partial charge in [0.1, 0.15) is 0 Å². The normalized spacial score (nSPS) is 24.9. The highest BCUT2D eigenvalue weighted by Crippen LogP contribution is 2.41. The van der Waals surface area contributed by atoms with Gasteiger partial charge in [0, 0.05) is 43.2 Å². The lowest BCUT2D eigenvalue weighted by atomic mass is 9.89. The summed E-state index contributed by atoms with van der Waals surface area (Å²) < 4.78 is 0. The van der Waals surface area contributed by atoms with Gasteiger partial charge in [0.25, 0.3) is 0 Å².